The van der Waals surface area contributed by atoms with Gasteiger partial charge in [0.25, 0.3) is 0 Å². The number of benzene rings is 1. The van der Waals surface area contributed by atoms with Gasteiger partial charge < -0.3 is 0 Å². The molecule has 0 N–H and O–H groups in total. The van der Waals surface area contributed by atoms with Crippen molar-refractivity contribution in [1.82, 2.24) is 4.98 Å². The van der Waals surface area contributed by atoms with Crippen molar-refractivity contribution < 1.29 is 0 Å². The van der Waals surface area contributed by atoms with Crippen LogP contribution in [0.2, 0.25) is 5.15 Å². The number of rotatable bonds is 3. The molecule has 0 amide bonds. The Morgan fingerprint density at radius 3 is 3.00 bits per heavy atom. The smallest absolute Gasteiger partial charge is 0.151 e. The highest BCUT2D eigenvalue weighted by atomic mass is 35.5. The predicted molar refractivity (Wildman–Crippen MR) is 67.9 cm³/mol. The normalized spacial score (nSPS) is 10.5. The van der Waals surface area contributed by atoms with Crippen LogP contribution in [0.25, 0.3) is 0 Å². The third-order valence-corrected chi connectivity index (χ3v) is 4.32. The number of hydrogen-bond acceptors (Lipinski definition) is 3. The molecule has 0 bridgehead atoms. The Morgan fingerprint density at radius 1 is 1.47 bits per heavy atom. The van der Waals surface area contributed by atoms with E-state index in [0.29, 0.717) is 5.15 Å². The van der Waals surface area contributed by atoms with Crippen LogP contribution in [0.5, 0.6) is 0 Å². The highest BCUT2D eigenvalue weighted by Gasteiger charge is 2.01. The predicted octanol–water partition coefficient (Wildman–Crippen LogP) is 4.40. The number of nitrogens with zero attached hydrogens (tertiary/aromatic N) is 1. The Morgan fingerprint density at radius 2 is 2.33 bits per heavy atom. The third-order valence-electron chi connectivity index (χ3n) is 1.90. The summed E-state index contributed by atoms with van der Waals surface area (Å²) in [5.74, 6) is 0.950. The molecule has 0 atom stereocenters. The van der Waals surface area contributed by atoms with Gasteiger partial charge in [0.2, 0.25) is 0 Å². The molecule has 1 aromatic carbocycles. The molecule has 1 heterocycles. The van der Waals surface area contributed by atoms with Crippen LogP contribution in [0.15, 0.2) is 34.0 Å². The van der Waals surface area contributed by atoms with Crippen molar-refractivity contribution in [3.63, 3.8) is 0 Å². The van der Waals surface area contributed by atoms with Gasteiger partial charge in [-0.05, 0) is 12.5 Å². The van der Waals surface area contributed by atoms with E-state index in [-0.39, 0.29) is 0 Å². The number of thioether (sulfide) groups is 1. The second-order valence-electron chi connectivity index (χ2n) is 3.21. The molecule has 78 valence electrons. The van der Waals surface area contributed by atoms with E-state index >= 15 is 0 Å². The maximum atomic E-state index is 5.75. The van der Waals surface area contributed by atoms with Crippen LogP contribution in [0.3, 0.4) is 0 Å². The SMILES string of the molecule is Cc1cccc(CSc2nc(Cl)cs2)c1. The van der Waals surface area contributed by atoms with Crippen LogP contribution in [-0.4, -0.2) is 4.98 Å². The quantitative estimate of drug-likeness (QED) is 0.754. The Bertz CT molecular complexity index is 453. The van der Waals surface area contributed by atoms with E-state index in [4.69, 9.17) is 11.6 Å². The fourth-order valence-electron chi connectivity index (χ4n) is 1.25. The van der Waals surface area contributed by atoms with Crippen molar-refractivity contribution in [2.45, 2.75) is 17.0 Å². The molecule has 0 fully saturated rings. The molecule has 0 radical (unpaired) electrons. The summed E-state index contributed by atoms with van der Waals surface area (Å²) in [5.41, 5.74) is 2.62. The average Bonchev–Trinajstić information content (AvgIpc) is 2.62. The minimum atomic E-state index is 0.590. The summed E-state index contributed by atoms with van der Waals surface area (Å²) >= 11 is 9.07. The van der Waals surface area contributed by atoms with Crippen molar-refractivity contribution in [2.24, 2.45) is 0 Å². The minimum absolute atomic E-state index is 0.590. The second-order valence-corrected chi connectivity index (χ2v) is 5.68. The number of halogens is 1. The molecule has 2 rings (SSSR count). The van der Waals surface area contributed by atoms with E-state index in [1.165, 1.54) is 11.1 Å². The number of aryl methyl sites for hydroxylation is 1. The molecular weight excluding hydrogens is 246 g/mol. The Kier molecular flexibility index (Phi) is 3.67. The zero-order valence-electron chi connectivity index (χ0n) is 8.24. The molecule has 4 heteroatoms. The standard InChI is InChI=1S/C11H10ClNS2/c1-8-3-2-4-9(5-8)6-14-11-13-10(12)7-15-11/h2-5,7H,6H2,1H3. The van der Waals surface area contributed by atoms with Gasteiger partial charge in [-0.3, -0.25) is 0 Å². The lowest BCUT2D eigenvalue weighted by atomic mass is 10.2. The Balaban J connectivity index is 1.99. The van der Waals surface area contributed by atoms with Gasteiger partial charge in [-0.1, -0.05) is 53.2 Å². The van der Waals surface area contributed by atoms with Crippen molar-refractivity contribution in [1.29, 1.82) is 0 Å². The molecule has 0 saturated carbocycles. The van der Waals surface area contributed by atoms with E-state index in [0.717, 1.165) is 10.1 Å². The number of hydrogen-bond donors (Lipinski definition) is 0. The lowest BCUT2D eigenvalue weighted by Crippen LogP contribution is -1.81. The molecule has 0 aliphatic rings. The number of aromatic nitrogens is 1. The average molecular weight is 256 g/mol. The van der Waals surface area contributed by atoms with Gasteiger partial charge in [0, 0.05) is 11.1 Å². The molecule has 0 spiro atoms. The molecule has 1 nitrogen and oxygen atoms in total. The molecule has 2 aromatic rings. The van der Waals surface area contributed by atoms with E-state index < -0.39 is 0 Å². The summed E-state index contributed by atoms with van der Waals surface area (Å²) in [5, 5.41) is 2.45. The topological polar surface area (TPSA) is 12.9 Å². The summed E-state index contributed by atoms with van der Waals surface area (Å²) in [4.78, 5) is 4.20. The molecule has 0 unspecified atom stereocenters. The van der Waals surface area contributed by atoms with Gasteiger partial charge in [0.15, 0.2) is 4.34 Å². The van der Waals surface area contributed by atoms with Crippen LogP contribution >= 0.6 is 34.7 Å². The first kappa shape index (κ1) is 11.0. The van der Waals surface area contributed by atoms with Gasteiger partial charge in [0.05, 0.1) is 0 Å². The van der Waals surface area contributed by atoms with Crippen molar-refractivity contribution in [2.75, 3.05) is 0 Å². The van der Waals surface area contributed by atoms with Crippen LogP contribution in [0.4, 0.5) is 0 Å². The summed E-state index contributed by atoms with van der Waals surface area (Å²) in [7, 11) is 0. The van der Waals surface area contributed by atoms with Gasteiger partial charge >= 0.3 is 0 Å². The van der Waals surface area contributed by atoms with Crippen LogP contribution < -0.4 is 0 Å². The fourth-order valence-corrected chi connectivity index (χ4v) is 3.20. The van der Waals surface area contributed by atoms with E-state index in [1.54, 1.807) is 23.1 Å². The van der Waals surface area contributed by atoms with Crippen molar-refractivity contribution >= 4 is 34.7 Å². The number of thiazole rings is 1. The maximum absolute atomic E-state index is 5.75. The second kappa shape index (κ2) is 5.01. The molecule has 0 aliphatic heterocycles. The zero-order valence-corrected chi connectivity index (χ0v) is 10.6. The highest BCUT2D eigenvalue weighted by Crippen LogP contribution is 2.27. The van der Waals surface area contributed by atoms with Gasteiger partial charge in [-0.15, -0.1) is 11.3 Å². The summed E-state index contributed by atoms with van der Waals surface area (Å²) in [6.07, 6.45) is 0. The van der Waals surface area contributed by atoms with Crippen molar-refractivity contribution in [3.8, 4) is 0 Å². The fraction of sp³-hybridized carbons (Fsp3) is 0.182. The molecule has 1 aromatic heterocycles. The van der Waals surface area contributed by atoms with Gasteiger partial charge in [-0.25, -0.2) is 4.98 Å². The first-order chi connectivity index (χ1) is 7.24. The van der Waals surface area contributed by atoms with Crippen molar-refractivity contribution in [3.05, 3.63) is 45.9 Å². The van der Waals surface area contributed by atoms with Crippen LogP contribution in [0.1, 0.15) is 11.1 Å². The van der Waals surface area contributed by atoms with Crippen LogP contribution in [0, 0.1) is 6.92 Å². The van der Waals surface area contributed by atoms with Gasteiger partial charge in [0.1, 0.15) is 5.15 Å². The van der Waals surface area contributed by atoms with E-state index in [2.05, 4.69) is 36.2 Å². The van der Waals surface area contributed by atoms with E-state index in [1.807, 2.05) is 5.38 Å². The Labute approximate surface area is 103 Å². The molecule has 0 saturated heterocycles. The summed E-state index contributed by atoms with van der Waals surface area (Å²) in [6.45, 7) is 2.11. The third kappa shape index (κ3) is 3.23. The minimum Gasteiger partial charge on any atom is -0.218 e. The first-order valence-electron chi connectivity index (χ1n) is 4.53. The lowest BCUT2D eigenvalue weighted by Gasteiger charge is -1.99. The van der Waals surface area contributed by atoms with E-state index in [9.17, 15) is 0 Å². The van der Waals surface area contributed by atoms with Crippen LogP contribution in [-0.2, 0) is 5.75 Å². The molecular formula is C11H10ClNS2. The highest BCUT2D eigenvalue weighted by molar-refractivity contribution is 8.00. The first-order valence-corrected chi connectivity index (χ1v) is 6.78. The maximum Gasteiger partial charge on any atom is 0.151 e. The van der Waals surface area contributed by atoms with Gasteiger partial charge in [-0.2, -0.15) is 0 Å². The molecule has 0 aliphatic carbocycles. The summed E-state index contributed by atoms with van der Waals surface area (Å²) < 4.78 is 1.03. The monoisotopic (exact) mass is 255 g/mol. The summed E-state index contributed by atoms with van der Waals surface area (Å²) in [6, 6.07) is 8.52. The largest absolute Gasteiger partial charge is 0.218 e. The lowest BCUT2D eigenvalue weighted by molar-refractivity contribution is 1.24. The molecule has 15 heavy (non-hydrogen) atoms. The zero-order chi connectivity index (χ0) is 10.7. The Hall–Kier alpha value is -0.510.